The molecule has 458 valence electrons. The van der Waals surface area contributed by atoms with E-state index in [4.69, 9.17) is 36.3 Å². The number of anilines is 3. The van der Waals surface area contributed by atoms with E-state index in [0.717, 1.165) is 29.2 Å². The molecule has 2 heterocycles. The number of nitrogens with two attached hydrogens (primary N) is 1. The van der Waals surface area contributed by atoms with E-state index in [1.807, 2.05) is 0 Å². The van der Waals surface area contributed by atoms with Gasteiger partial charge in [0.2, 0.25) is 17.7 Å². The minimum atomic E-state index is -4.79. The number of primary amides is 1. The Kier molecular flexibility index (Phi) is 24.6. The maximum absolute atomic E-state index is 14.9. The summed E-state index contributed by atoms with van der Waals surface area (Å²) in [5, 5.41) is 92.4. The third kappa shape index (κ3) is 19.2. The van der Waals surface area contributed by atoms with E-state index in [2.05, 4.69) is 31.6 Å². The average molecular weight is 1210 g/mol. The Morgan fingerprint density at radius 1 is 0.857 bits per heavy atom. The molecule has 1 aliphatic rings. The molecule has 0 spiro atoms. The van der Waals surface area contributed by atoms with Gasteiger partial charge in [-0.25, -0.2) is 14.0 Å². The molecule has 3 aromatic carbocycles. The number of pyridine rings is 1. The second kappa shape index (κ2) is 30.7. The molecule has 1 saturated heterocycles. The highest BCUT2D eigenvalue weighted by Gasteiger charge is 2.47. The lowest BCUT2D eigenvalue weighted by atomic mass is 9.94. The summed E-state index contributed by atoms with van der Waals surface area (Å²) in [6.07, 6.45) is -23.7. The van der Waals surface area contributed by atoms with Crippen LogP contribution in [-0.4, -0.2) is 187 Å². The Labute approximate surface area is 479 Å². The van der Waals surface area contributed by atoms with Crippen molar-refractivity contribution in [2.75, 3.05) is 49.3 Å². The second-order valence-corrected chi connectivity index (χ2v) is 19.3. The smallest absolute Gasteiger partial charge is 0.417 e. The van der Waals surface area contributed by atoms with E-state index in [1.165, 1.54) is 62.6 Å². The van der Waals surface area contributed by atoms with E-state index in [-0.39, 0.29) is 60.4 Å². The fourth-order valence-electron chi connectivity index (χ4n) is 7.76. The number of aromatic nitrogens is 1. The van der Waals surface area contributed by atoms with E-state index in [1.54, 1.807) is 0 Å². The quantitative estimate of drug-likeness (QED) is 0.0368. The molecule has 1 aromatic heterocycles. The van der Waals surface area contributed by atoms with Crippen LogP contribution in [0.15, 0.2) is 79.0 Å². The number of aliphatic hydroxyl groups excluding tert-OH is 8. The van der Waals surface area contributed by atoms with E-state index in [9.17, 15) is 92.0 Å². The Balaban J connectivity index is 1.03. The first-order valence-electron chi connectivity index (χ1n) is 25.3. The van der Waals surface area contributed by atoms with Crippen molar-refractivity contribution >= 4 is 70.2 Å². The Morgan fingerprint density at radius 3 is 2.18 bits per heavy atom. The number of ketones is 1. The van der Waals surface area contributed by atoms with Gasteiger partial charge in [-0.1, -0.05) is 30.7 Å². The second-order valence-electron chi connectivity index (χ2n) is 18.9. The SMILES string of the molecule is CC(CCC(=O)[C@H](O)[C@H](O)[C@@H](O[C@@H]1O[C@H](CO)[C@H](O)[C@H](O)[C@H]1O)[C@H](O)CO)C(=O)NC(CC(N)=O)C(=O)Nc1ccc(COC(=O)N(C)CCNC(=O)c2cc(Oc3ccc(NC(=O)Nc4ccc(Cl)c(C(F)(F)F)c4)c(F)c3)ccn2)cc1. The summed E-state index contributed by atoms with van der Waals surface area (Å²) in [6.45, 7) is -0.956. The fraction of sp³-hybridized carbons (Fsp3) is 0.423. The van der Waals surface area contributed by atoms with Crippen LogP contribution in [-0.2, 0) is 46.2 Å². The van der Waals surface area contributed by atoms with Gasteiger partial charge < -0.3 is 97.0 Å². The molecule has 1 fully saturated rings. The largest absolute Gasteiger partial charge is 0.457 e. The van der Waals surface area contributed by atoms with Crippen LogP contribution in [0.5, 0.6) is 11.5 Å². The lowest BCUT2D eigenvalue weighted by molar-refractivity contribution is -0.326. The lowest BCUT2D eigenvalue weighted by Gasteiger charge is -2.42. The van der Waals surface area contributed by atoms with Crippen LogP contribution in [0.25, 0.3) is 0 Å². The third-order valence-electron chi connectivity index (χ3n) is 12.6. The van der Waals surface area contributed by atoms with Crippen molar-refractivity contribution < 1.29 is 111 Å². The zero-order chi connectivity index (χ0) is 62.2. The summed E-state index contributed by atoms with van der Waals surface area (Å²) in [6, 6.07) is 11.9. The molecule has 84 heavy (non-hydrogen) atoms. The van der Waals surface area contributed by atoms with Crippen molar-refractivity contribution in [1.29, 1.82) is 0 Å². The van der Waals surface area contributed by atoms with Crippen LogP contribution < -0.4 is 37.1 Å². The average Bonchev–Trinajstić information content (AvgIpc) is 2.94. The third-order valence-corrected chi connectivity index (χ3v) is 12.9. The Morgan fingerprint density at radius 2 is 1.54 bits per heavy atom. The van der Waals surface area contributed by atoms with E-state index < -0.39 is 157 Å². The topological polar surface area (TPSA) is 421 Å². The molecule has 0 saturated carbocycles. The summed E-state index contributed by atoms with van der Waals surface area (Å²) in [5.41, 5.74) is 4.08. The fourth-order valence-corrected chi connectivity index (χ4v) is 7.98. The predicted octanol–water partition coefficient (Wildman–Crippen LogP) is 0.872. The normalized spacial score (nSPS) is 19.0. The number of hydrogen-bond donors (Lipinski definition) is 14. The van der Waals surface area contributed by atoms with Gasteiger partial charge in [0.15, 0.2) is 12.1 Å². The number of amides is 7. The molecule has 0 bridgehead atoms. The zero-order valence-electron chi connectivity index (χ0n) is 44.4. The highest BCUT2D eigenvalue weighted by Crippen LogP contribution is 2.36. The number of carbonyl (C=O) groups is 7. The predicted molar refractivity (Wildman–Crippen MR) is 283 cm³/mol. The minimum Gasteiger partial charge on any atom is -0.457 e. The van der Waals surface area contributed by atoms with Crippen LogP contribution in [0, 0.1) is 11.7 Å². The van der Waals surface area contributed by atoms with Crippen molar-refractivity contribution in [3.05, 3.63) is 107 Å². The molecule has 7 amide bonds. The number of rotatable bonds is 27. The number of ether oxygens (including phenoxy) is 4. The van der Waals surface area contributed by atoms with Crippen LogP contribution in [0.1, 0.15) is 47.8 Å². The highest BCUT2D eigenvalue weighted by molar-refractivity contribution is 6.31. The molecule has 15 N–H and O–H groups in total. The maximum Gasteiger partial charge on any atom is 0.417 e. The van der Waals surface area contributed by atoms with Gasteiger partial charge >= 0.3 is 18.3 Å². The first kappa shape index (κ1) is 67.1. The van der Waals surface area contributed by atoms with Gasteiger partial charge in [-0.3, -0.25) is 29.0 Å². The molecule has 11 atom stereocenters. The zero-order valence-corrected chi connectivity index (χ0v) is 45.2. The van der Waals surface area contributed by atoms with Crippen LogP contribution in [0.4, 0.5) is 44.2 Å². The summed E-state index contributed by atoms with van der Waals surface area (Å²) in [4.78, 5) is 94.6. The van der Waals surface area contributed by atoms with Gasteiger partial charge in [0, 0.05) is 62.2 Å². The number of carbonyl (C=O) groups excluding carboxylic acids is 7. The van der Waals surface area contributed by atoms with Crippen molar-refractivity contribution in [3.8, 4) is 11.5 Å². The van der Waals surface area contributed by atoms with Crippen LogP contribution in [0.2, 0.25) is 5.02 Å². The molecular formula is C52H61ClF4N8O19. The van der Waals surface area contributed by atoms with Crippen molar-refractivity contribution in [3.63, 3.8) is 0 Å². The number of urea groups is 1. The van der Waals surface area contributed by atoms with Gasteiger partial charge in [0.25, 0.3) is 5.91 Å². The molecule has 5 rings (SSSR count). The number of likely N-dealkylation sites (N-methyl/N-ethyl adjacent to an activating group) is 1. The van der Waals surface area contributed by atoms with Crippen LogP contribution in [0.3, 0.4) is 0 Å². The molecule has 32 heteroatoms. The van der Waals surface area contributed by atoms with Gasteiger partial charge in [0.05, 0.1) is 35.9 Å². The van der Waals surface area contributed by atoms with Gasteiger partial charge in [0.1, 0.15) is 84.5 Å². The van der Waals surface area contributed by atoms with Gasteiger partial charge in [-0.15, -0.1) is 0 Å². The highest BCUT2D eigenvalue weighted by atomic mass is 35.5. The number of alkyl halides is 3. The Bertz CT molecular complexity index is 2950. The van der Waals surface area contributed by atoms with E-state index >= 15 is 0 Å². The molecule has 27 nitrogen and oxygen atoms in total. The lowest BCUT2D eigenvalue weighted by Crippen LogP contribution is -2.61. The van der Waals surface area contributed by atoms with Gasteiger partial charge in [-0.05, 0) is 60.5 Å². The van der Waals surface area contributed by atoms with Crippen molar-refractivity contribution in [2.24, 2.45) is 11.7 Å². The number of Topliss-reactive ketones (excluding diaryl/α,β-unsaturated/α-hetero) is 1. The molecule has 0 radical (unpaired) electrons. The first-order valence-corrected chi connectivity index (χ1v) is 25.6. The molecule has 2 unspecified atom stereocenters. The number of nitrogens with one attached hydrogen (secondary N) is 5. The number of halogens is 5. The Hall–Kier alpha value is -7.69. The monoisotopic (exact) mass is 1210 g/mol. The number of benzene rings is 3. The number of nitrogens with zero attached hydrogens (tertiary/aromatic N) is 2. The molecule has 4 aromatic rings. The van der Waals surface area contributed by atoms with Crippen molar-refractivity contribution in [1.82, 2.24) is 20.5 Å². The molecular weight excluding hydrogens is 1150 g/mol. The van der Waals surface area contributed by atoms with E-state index in [0.29, 0.717) is 11.6 Å². The first-order chi connectivity index (χ1) is 39.6. The standard InChI is InChI=1S/C52H61ClF4N8O19/c1-24(3-12-36(68)40(71)43(74)45(37(69)21-66)84-49-44(75)42(73)41(72)38(22-67)83-49)46(76)63-35(20-39(58)70)48(78)61-26-6-4-25(5-7-26)23-81-51(80)65(2)16-15-60-47(77)34-19-29(13-14-59-34)82-28-9-11-33(32(54)18-28)64-50(79)62-27-8-10-31(53)30(17-27)52(55,56)57/h4-11,13-14,17-19,24,35,37-38,40-45,49,66-67,69,71-75H,3,12,15-16,20-23H2,1-2H3,(H2,58,70)(H,60,77)(H,61,78)(H,63,76)(H2,62,64,79)/t24?,35?,37-,38-,40+,41+,42+,43+,44-,45+,49+/m1/s1. The number of aliphatic hydroxyl groups is 8. The van der Waals surface area contributed by atoms with Crippen molar-refractivity contribution in [2.45, 2.75) is 100 Å². The van der Waals surface area contributed by atoms with Gasteiger partial charge in [-0.2, -0.15) is 13.2 Å². The number of hydrogen-bond acceptors (Lipinski definition) is 20. The van der Waals surface area contributed by atoms with Crippen LogP contribution >= 0.6 is 11.6 Å². The molecule has 1 aliphatic heterocycles. The maximum atomic E-state index is 14.9. The summed E-state index contributed by atoms with van der Waals surface area (Å²) in [5.74, 6) is -6.50. The summed E-state index contributed by atoms with van der Waals surface area (Å²) in [7, 11) is 1.40. The molecule has 0 aliphatic carbocycles. The summed E-state index contributed by atoms with van der Waals surface area (Å²) >= 11 is 5.61. The summed E-state index contributed by atoms with van der Waals surface area (Å²) < 4.78 is 76.0. The minimum absolute atomic E-state index is 0.0293.